The summed E-state index contributed by atoms with van der Waals surface area (Å²) in [6.45, 7) is 15.1. The molecule has 0 saturated heterocycles. The van der Waals surface area contributed by atoms with Gasteiger partial charge in [0.1, 0.15) is 0 Å². The summed E-state index contributed by atoms with van der Waals surface area (Å²) in [5, 5.41) is 0. The van der Waals surface area contributed by atoms with E-state index in [1.54, 1.807) is 5.57 Å². The van der Waals surface area contributed by atoms with Gasteiger partial charge in [-0.3, -0.25) is 0 Å². The van der Waals surface area contributed by atoms with Crippen molar-refractivity contribution in [1.29, 1.82) is 0 Å². The van der Waals surface area contributed by atoms with Crippen molar-refractivity contribution in [1.82, 2.24) is 0 Å². The molecule has 0 aromatic rings. The Balaban J connectivity index is 1.50. The predicted octanol–water partition coefficient (Wildman–Crippen LogP) is 8.58. The first-order valence-corrected chi connectivity index (χ1v) is 12.6. The van der Waals surface area contributed by atoms with Crippen LogP contribution in [0.2, 0.25) is 0 Å². The maximum atomic E-state index is 2.73. The van der Waals surface area contributed by atoms with Gasteiger partial charge in [-0.1, -0.05) is 77.2 Å². The van der Waals surface area contributed by atoms with Crippen molar-refractivity contribution in [3.63, 3.8) is 0 Å². The van der Waals surface area contributed by atoms with Crippen LogP contribution in [0.4, 0.5) is 0 Å². The molecule has 3 fully saturated rings. The zero-order chi connectivity index (χ0) is 20.1. The third kappa shape index (κ3) is 3.26. The van der Waals surface area contributed by atoms with E-state index in [2.05, 4.69) is 53.7 Å². The first-order valence-electron chi connectivity index (χ1n) is 12.6. The molecule has 3 saturated carbocycles. The molecule has 0 aromatic heterocycles. The fourth-order valence-corrected chi connectivity index (χ4v) is 8.83. The SMILES string of the molecule is CC1=C2CC[C@H]3[C@@H]4CC[C@H]([C@H](C)CCCC(C)C)[C@@]4(C)CC[C@@H]3[C@@]2(C)CC=C1. The predicted molar refractivity (Wildman–Crippen MR) is 122 cm³/mol. The average Bonchev–Trinajstić information content (AvgIpc) is 2.98. The van der Waals surface area contributed by atoms with Crippen LogP contribution in [0, 0.1) is 46.3 Å². The summed E-state index contributed by atoms with van der Waals surface area (Å²) in [5.74, 6) is 5.74. The minimum absolute atomic E-state index is 0.476. The van der Waals surface area contributed by atoms with E-state index >= 15 is 0 Å². The fourth-order valence-electron chi connectivity index (χ4n) is 8.83. The maximum absolute atomic E-state index is 2.73. The number of rotatable bonds is 5. The summed E-state index contributed by atoms with van der Waals surface area (Å²) in [7, 11) is 0. The second-order valence-electron chi connectivity index (χ2n) is 12.1. The third-order valence-electron chi connectivity index (χ3n) is 10.3. The largest absolute Gasteiger partial charge is 0.0834 e. The van der Waals surface area contributed by atoms with Gasteiger partial charge in [0.2, 0.25) is 0 Å². The summed E-state index contributed by atoms with van der Waals surface area (Å²) < 4.78 is 0. The van der Waals surface area contributed by atoms with Crippen molar-refractivity contribution in [3.05, 3.63) is 23.3 Å². The molecule has 7 atom stereocenters. The van der Waals surface area contributed by atoms with Crippen LogP contribution in [-0.2, 0) is 0 Å². The van der Waals surface area contributed by atoms with Gasteiger partial charge < -0.3 is 0 Å². The fraction of sp³-hybridized carbons (Fsp3) is 0.857. The van der Waals surface area contributed by atoms with E-state index in [4.69, 9.17) is 0 Å². The zero-order valence-corrected chi connectivity index (χ0v) is 19.7. The van der Waals surface area contributed by atoms with Crippen LogP contribution in [0.3, 0.4) is 0 Å². The van der Waals surface area contributed by atoms with Gasteiger partial charge in [-0.25, -0.2) is 0 Å². The molecule has 28 heavy (non-hydrogen) atoms. The standard InChI is InChI=1S/C28H46/c1-19(2)9-7-10-20(3)24-14-15-25-22-12-13-23-21(4)11-8-17-27(23,5)26(22)16-18-28(24,25)6/h8,11,19-20,22,24-26H,7,9-10,12-18H2,1-6H3/t20-,22+,24-,25+,26+,27+,28-/m1/s1. The van der Waals surface area contributed by atoms with E-state index < -0.39 is 0 Å². The molecule has 0 heteroatoms. The van der Waals surface area contributed by atoms with Crippen molar-refractivity contribution < 1.29 is 0 Å². The monoisotopic (exact) mass is 382 g/mol. The normalized spacial score (nSPS) is 43.7. The lowest BCUT2D eigenvalue weighted by atomic mass is 9.46. The zero-order valence-electron chi connectivity index (χ0n) is 19.7. The number of hydrogen-bond acceptors (Lipinski definition) is 0. The van der Waals surface area contributed by atoms with Crippen LogP contribution in [0.5, 0.6) is 0 Å². The van der Waals surface area contributed by atoms with Crippen LogP contribution in [0.25, 0.3) is 0 Å². The summed E-state index contributed by atoms with van der Waals surface area (Å²) in [6.07, 6.45) is 19.4. The van der Waals surface area contributed by atoms with Gasteiger partial charge >= 0.3 is 0 Å². The highest BCUT2D eigenvalue weighted by Crippen LogP contribution is 2.67. The Morgan fingerprint density at radius 2 is 1.79 bits per heavy atom. The minimum atomic E-state index is 0.476. The Morgan fingerprint density at radius 1 is 1.00 bits per heavy atom. The van der Waals surface area contributed by atoms with Crippen LogP contribution in [0.15, 0.2) is 23.3 Å². The Bertz CT molecular complexity index is 636. The van der Waals surface area contributed by atoms with Gasteiger partial charge in [-0.15, -0.1) is 0 Å². The molecule has 158 valence electrons. The molecule has 0 spiro atoms. The smallest absolute Gasteiger partial charge is 0.00451 e. The van der Waals surface area contributed by atoms with E-state index in [9.17, 15) is 0 Å². The second kappa shape index (κ2) is 7.63. The topological polar surface area (TPSA) is 0 Å². The first-order chi connectivity index (χ1) is 13.3. The van der Waals surface area contributed by atoms with Crippen molar-refractivity contribution in [3.8, 4) is 0 Å². The Kier molecular flexibility index (Phi) is 5.65. The third-order valence-corrected chi connectivity index (χ3v) is 10.3. The molecule has 4 aliphatic carbocycles. The van der Waals surface area contributed by atoms with Crippen LogP contribution < -0.4 is 0 Å². The molecule has 0 amide bonds. The van der Waals surface area contributed by atoms with Crippen LogP contribution in [-0.4, -0.2) is 0 Å². The van der Waals surface area contributed by atoms with E-state index in [1.807, 2.05) is 5.57 Å². The molecule has 0 unspecified atom stereocenters. The van der Waals surface area contributed by atoms with Crippen LogP contribution >= 0.6 is 0 Å². The molecule has 4 aliphatic rings. The summed E-state index contributed by atoms with van der Waals surface area (Å²) in [6, 6.07) is 0. The molecular weight excluding hydrogens is 336 g/mol. The molecule has 0 bridgehead atoms. The van der Waals surface area contributed by atoms with Crippen molar-refractivity contribution >= 4 is 0 Å². The van der Waals surface area contributed by atoms with Gasteiger partial charge in [0.05, 0.1) is 0 Å². The van der Waals surface area contributed by atoms with Crippen LogP contribution in [0.1, 0.15) is 106 Å². The first kappa shape index (κ1) is 20.7. The highest BCUT2D eigenvalue weighted by Gasteiger charge is 2.59. The summed E-state index contributed by atoms with van der Waals surface area (Å²) >= 11 is 0. The average molecular weight is 383 g/mol. The highest BCUT2D eigenvalue weighted by atomic mass is 14.6. The number of hydrogen-bond donors (Lipinski definition) is 0. The van der Waals surface area contributed by atoms with Gasteiger partial charge in [0.15, 0.2) is 0 Å². The molecule has 4 rings (SSSR count). The Labute approximate surface area is 175 Å². The number of fused-ring (bicyclic) bond motifs is 5. The van der Waals surface area contributed by atoms with Gasteiger partial charge in [0.25, 0.3) is 0 Å². The van der Waals surface area contributed by atoms with Gasteiger partial charge in [0, 0.05) is 0 Å². The Hall–Kier alpha value is -0.520. The van der Waals surface area contributed by atoms with Gasteiger partial charge in [-0.2, -0.15) is 0 Å². The van der Waals surface area contributed by atoms with Crippen molar-refractivity contribution in [2.24, 2.45) is 46.3 Å². The van der Waals surface area contributed by atoms with E-state index in [0.29, 0.717) is 10.8 Å². The van der Waals surface area contributed by atoms with E-state index in [-0.39, 0.29) is 0 Å². The molecular formula is C28H46. The molecule has 0 heterocycles. The highest BCUT2D eigenvalue weighted by molar-refractivity contribution is 5.36. The lowest BCUT2D eigenvalue weighted by Crippen LogP contribution is -2.50. The van der Waals surface area contributed by atoms with Crippen molar-refractivity contribution in [2.45, 2.75) is 106 Å². The summed E-state index contributed by atoms with van der Waals surface area (Å²) in [5.41, 5.74) is 4.54. The van der Waals surface area contributed by atoms with Crippen molar-refractivity contribution in [2.75, 3.05) is 0 Å². The maximum Gasteiger partial charge on any atom is -0.00451 e. The van der Waals surface area contributed by atoms with Gasteiger partial charge in [-0.05, 0) is 98.2 Å². The molecule has 0 N–H and O–H groups in total. The second-order valence-corrected chi connectivity index (χ2v) is 12.1. The molecule has 0 aromatic carbocycles. The molecule has 0 nitrogen and oxygen atoms in total. The van der Waals surface area contributed by atoms with E-state index in [0.717, 1.165) is 35.5 Å². The summed E-state index contributed by atoms with van der Waals surface area (Å²) in [4.78, 5) is 0. The lowest BCUT2D eigenvalue weighted by molar-refractivity contribution is -0.0550. The molecule has 0 aliphatic heterocycles. The molecule has 0 radical (unpaired) electrons. The number of allylic oxidation sites excluding steroid dienone is 4. The van der Waals surface area contributed by atoms with E-state index in [1.165, 1.54) is 64.2 Å². The minimum Gasteiger partial charge on any atom is -0.0834 e. The Morgan fingerprint density at radius 3 is 2.54 bits per heavy atom. The quantitative estimate of drug-likeness (QED) is 0.446. The lowest BCUT2D eigenvalue weighted by Gasteiger charge is -2.58.